The fraction of sp³-hybridized carbons (Fsp3) is 0.875. The molecule has 5 heteroatoms. The lowest BCUT2D eigenvalue weighted by molar-refractivity contribution is -0.138. The molecule has 1 atom stereocenters. The Morgan fingerprint density at radius 3 is 2.52 bits per heavy atom. The number of carboxylic acids is 1. The summed E-state index contributed by atoms with van der Waals surface area (Å²) in [6.07, 6.45) is 10.5. The van der Waals surface area contributed by atoms with E-state index in [0.717, 1.165) is 31.6 Å². The van der Waals surface area contributed by atoms with Gasteiger partial charge in [0, 0.05) is 19.1 Å². The van der Waals surface area contributed by atoms with Gasteiger partial charge in [-0.2, -0.15) is 0 Å². The molecule has 1 unspecified atom stereocenters. The highest BCUT2D eigenvalue weighted by molar-refractivity contribution is 5.76. The standard InChI is InChI=1S/C16H28N2O3/c19-15(20)12-14-9-3-4-11-18(14)16(21)17-10-5-8-13-6-1-2-7-13/h13-14H,1-12H2,(H,17,21)(H,19,20). The maximum atomic E-state index is 12.2. The number of nitrogens with one attached hydrogen (secondary N) is 1. The fourth-order valence-corrected chi connectivity index (χ4v) is 3.67. The molecule has 2 rings (SSSR count). The second-order valence-electron chi connectivity index (χ2n) is 6.47. The van der Waals surface area contributed by atoms with Crippen molar-refractivity contribution in [3.05, 3.63) is 0 Å². The zero-order valence-corrected chi connectivity index (χ0v) is 12.9. The maximum Gasteiger partial charge on any atom is 0.317 e. The van der Waals surface area contributed by atoms with Crippen molar-refractivity contribution in [3.8, 4) is 0 Å². The van der Waals surface area contributed by atoms with E-state index in [0.29, 0.717) is 13.1 Å². The molecule has 2 amide bonds. The minimum absolute atomic E-state index is 0.0650. The largest absolute Gasteiger partial charge is 0.481 e. The third kappa shape index (κ3) is 5.21. The Hall–Kier alpha value is -1.26. The highest BCUT2D eigenvalue weighted by atomic mass is 16.4. The minimum atomic E-state index is -0.819. The van der Waals surface area contributed by atoms with Crippen LogP contribution in [0.5, 0.6) is 0 Å². The molecular weight excluding hydrogens is 268 g/mol. The SMILES string of the molecule is O=C(O)CC1CCCCN1C(=O)NCCCC1CCCC1. The number of nitrogens with zero attached hydrogens (tertiary/aromatic N) is 1. The van der Waals surface area contributed by atoms with Crippen LogP contribution >= 0.6 is 0 Å². The predicted molar refractivity (Wildman–Crippen MR) is 81.2 cm³/mol. The van der Waals surface area contributed by atoms with Gasteiger partial charge in [0.2, 0.25) is 0 Å². The first-order valence-electron chi connectivity index (χ1n) is 8.43. The Balaban J connectivity index is 1.68. The van der Waals surface area contributed by atoms with Crippen LogP contribution in [0.2, 0.25) is 0 Å². The molecule has 5 nitrogen and oxygen atoms in total. The normalized spacial score (nSPS) is 23.2. The Morgan fingerprint density at radius 2 is 1.81 bits per heavy atom. The zero-order valence-electron chi connectivity index (χ0n) is 12.9. The average Bonchev–Trinajstić information content (AvgIpc) is 2.96. The van der Waals surface area contributed by atoms with Crippen LogP contribution < -0.4 is 5.32 Å². The van der Waals surface area contributed by atoms with Gasteiger partial charge in [-0.05, 0) is 38.0 Å². The highest BCUT2D eigenvalue weighted by Gasteiger charge is 2.28. The van der Waals surface area contributed by atoms with Crippen molar-refractivity contribution in [2.75, 3.05) is 13.1 Å². The van der Waals surface area contributed by atoms with Gasteiger partial charge in [0.25, 0.3) is 0 Å². The van der Waals surface area contributed by atoms with Gasteiger partial charge in [0.1, 0.15) is 0 Å². The van der Waals surface area contributed by atoms with Crippen molar-refractivity contribution in [2.45, 2.75) is 70.3 Å². The van der Waals surface area contributed by atoms with Crippen LogP contribution in [0.25, 0.3) is 0 Å². The van der Waals surface area contributed by atoms with E-state index in [4.69, 9.17) is 5.11 Å². The van der Waals surface area contributed by atoms with E-state index in [1.807, 2.05) is 0 Å². The second kappa shape index (κ2) is 8.25. The number of carboxylic acid groups (broad SMARTS) is 1. The number of likely N-dealkylation sites (tertiary alicyclic amines) is 1. The van der Waals surface area contributed by atoms with E-state index in [-0.39, 0.29) is 18.5 Å². The monoisotopic (exact) mass is 296 g/mol. The van der Waals surface area contributed by atoms with Gasteiger partial charge in [0.15, 0.2) is 0 Å². The number of piperidine rings is 1. The van der Waals surface area contributed by atoms with Gasteiger partial charge in [-0.1, -0.05) is 25.7 Å². The Morgan fingerprint density at radius 1 is 1.10 bits per heavy atom. The molecule has 0 bridgehead atoms. The smallest absolute Gasteiger partial charge is 0.317 e. The molecule has 120 valence electrons. The van der Waals surface area contributed by atoms with Crippen molar-refractivity contribution in [3.63, 3.8) is 0 Å². The molecule has 0 aromatic carbocycles. The number of carbonyl (C=O) groups excluding carboxylic acids is 1. The molecule has 0 spiro atoms. The summed E-state index contributed by atoms with van der Waals surface area (Å²) in [6.45, 7) is 1.40. The summed E-state index contributed by atoms with van der Waals surface area (Å²) >= 11 is 0. The van der Waals surface area contributed by atoms with Gasteiger partial charge in [-0.15, -0.1) is 0 Å². The number of amides is 2. The number of carbonyl (C=O) groups is 2. The molecular formula is C16H28N2O3. The second-order valence-corrected chi connectivity index (χ2v) is 6.47. The molecule has 1 saturated carbocycles. The molecule has 2 aliphatic rings. The maximum absolute atomic E-state index is 12.2. The number of aliphatic carboxylic acids is 1. The van der Waals surface area contributed by atoms with Crippen molar-refractivity contribution in [1.82, 2.24) is 10.2 Å². The lowest BCUT2D eigenvalue weighted by Gasteiger charge is -2.35. The molecule has 0 radical (unpaired) electrons. The third-order valence-electron chi connectivity index (χ3n) is 4.84. The van der Waals surface area contributed by atoms with Crippen LogP contribution in [-0.4, -0.2) is 41.1 Å². The summed E-state index contributed by atoms with van der Waals surface area (Å²) in [5.41, 5.74) is 0. The summed E-state index contributed by atoms with van der Waals surface area (Å²) in [7, 11) is 0. The van der Waals surface area contributed by atoms with E-state index < -0.39 is 5.97 Å². The average molecular weight is 296 g/mol. The molecule has 0 aromatic rings. The van der Waals surface area contributed by atoms with E-state index in [2.05, 4.69) is 5.32 Å². The van der Waals surface area contributed by atoms with E-state index in [9.17, 15) is 9.59 Å². The molecule has 2 N–H and O–H groups in total. The summed E-state index contributed by atoms with van der Waals surface area (Å²) < 4.78 is 0. The lowest BCUT2D eigenvalue weighted by atomic mass is 10.00. The fourth-order valence-electron chi connectivity index (χ4n) is 3.67. The van der Waals surface area contributed by atoms with Crippen LogP contribution in [0.4, 0.5) is 4.79 Å². The van der Waals surface area contributed by atoms with Crippen LogP contribution in [0.3, 0.4) is 0 Å². The van der Waals surface area contributed by atoms with Gasteiger partial charge in [0.05, 0.1) is 6.42 Å². The Kier molecular flexibility index (Phi) is 6.33. The van der Waals surface area contributed by atoms with Gasteiger partial charge in [-0.25, -0.2) is 4.79 Å². The predicted octanol–water partition coefficient (Wildman–Crippen LogP) is 3.00. The zero-order chi connectivity index (χ0) is 15.1. The molecule has 1 aliphatic heterocycles. The number of hydrogen-bond acceptors (Lipinski definition) is 2. The first-order chi connectivity index (χ1) is 10.2. The molecule has 21 heavy (non-hydrogen) atoms. The highest BCUT2D eigenvalue weighted by Crippen LogP contribution is 2.28. The Bertz CT molecular complexity index is 353. The summed E-state index contributed by atoms with van der Waals surface area (Å²) in [4.78, 5) is 24.8. The molecule has 0 aromatic heterocycles. The van der Waals surface area contributed by atoms with Crippen molar-refractivity contribution in [2.24, 2.45) is 5.92 Å². The van der Waals surface area contributed by atoms with Gasteiger partial charge >= 0.3 is 12.0 Å². The molecule has 1 saturated heterocycles. The van der Waals surface area contributed by atoms with E-state index in [1.54, 1.807) is 4.90 Å². The minimum Gasteiger partial charge on any atom is -0.481 e. The Labute approximate surface area is 127 Å². The van der Waals surface area contributed by atoms with Crippen LogP contribution in [-0.2, 0) is 4.79 Å². The summed E-state index contributed by atoms with van der Waals surface area (Å²) in [5, 5.41) is 11.9. The van der Waals surface area contributed by atoms with Crippen LogP contribution in [0.15, 0.2) is 0 Å². The first kappa shape index (κ1) is 16.1. The summed E-state index contributed by atoms with van der Waals surface area (Å²) in [6, 6.07) is -0.210. The van der Waals surface area contributed by atoms with E-state index in [1.165, 1.54) is 32.1 Å². The van der Waals surface area contributed by atoms with Gasteiger partial charge in [-0.3, -0.25) is 4.79 Å². The molecule has 2 fully saturated rings. The quantitative estimate of drug-likeness (QED) is 0.740. The van der Waals surface area contributed by atoms with Crippen molar-refractivity contribution in [1.29, 1.82) is 0 Å². The number of urea groups is 1. The summed E-state index contributed by atoms with van der Waals surface area (Å²) in [5.74, 6) is 0.0394. The first-order valence-corrected chi connectivity index (χ1v) is 8.43. The van der Waals surface area contributed by atoms with E-state index >= 15 is 0 Å². The number of rotatable bonds is 6. The van der Waals surface area contributed by atoms with Crippen molar-refractivity contribution >= 4 is 12.0 Å². The topological polar surface area (TPSA) is 69.6 Å². The molecule has 1 aliphatic carbocycles. The lowest BCUT2D eigenvalue weighted by Crippen LogP contribution is -2.49. The van der Waals surface area contributed by atoms with Gasteiger partial charge < -0.3 is 15.3 Å². The van der Waals surface area contributed by atoms with Crippen LogP contribution in [0, 0.1) is 5.92 Å². The number of hydrogen-bond donors (Lipinski definition) is 2. The molecule has 1 heterocycles. The van der Waals surface area contributed by atoms with Crippen LogP contribution in [0.1, 0.15) is 64.2 Å². The van der Waals surface area contributed by atoms with Crippen molar-refractivity contribution < 1.29 is 14.7 Å². The third-order valence-corrected chi connectivity index (χ3v) is 4.84.